The lowest BCUT2D eigenvalue weighted by molar-refractivity contribution is -0.146. The van der Waals surface area contributed by atoms with Crippen molar-refractivity contribution in [3.05, 3.63) is 0 Å². The van der Waals surface area contributed by atoms with E-state index in [1.54, 1.807) is 4.90 Å². The minimum Gasteiger partial charge on any atom is -0.480 e. The van der Waals surface area contributed by atoms with Crippen LogP contribution in [0.4, 0.5) is 0 Å². The Hall–Kier alpha value is -1.24. The van der Waals surface area contributed by atoms with Gasteiger partial charge in [-0.25, -0.2) is 4.79 Å². The average Bonchev–Trinajstić information content (AvgIpc) is 2.84. The first-order valence-electron chi connectivity index (χ1n) is 7.10. The van der Waals surface area contributed by atoms with Gasteiger partial charge in [0, 0.05) is 11.2 Å². The Morgan fingerprint density at radius 1 is 1.38 bits per heavy atom. The van der Waals surface area contributed by atoms with Gasteiger partial charge < -0.3 is 15.3 Å². The molecule has 1 aliphatic rings. The summed E-state index contributed by atoms with van der Waals surface area (Å²) in [5.41, 5.74) is -0.557. The van der Waals surface area contributed by atoms with E-state index in [2.05, 4.69) is 5.32 Å². The van der Waals surface area contributed by atoms with Crippen molar-refractivity contribution in [2.45, 2.75) is 52.6 Å². The first kappa shape index (κ1) is 17.8. The Balaban J connectivity index is 2.76. The molecular weight excluding hydrogens is 292 g/mol. The van der Waals surface area contributed by atoms with E-state index in [1.165, 1.54) is 11.8 Å². The number of aliphatic carboxylic acids is 1. The van der Waals surface area contributed by atoms with Crippen LogP contribution in [0.5, 0.6) is 0 Å². The summed E-state index contributed by atoms with van der Waals surface area (Å²) in [6, 6.07) is -1.47. The van der Waals surface area contributed by atoms with Crippen LogP contribution in [-0.2, 0) is 14.4 Å². The van der Waals surface area contributed by atoms with E-state index in [1.807, 2.05) is 27.7 Å². The molecule has 21 heavy (non-hydrogen) atoms. The van der Waals surface area contributed by atoms with Crippen molar-refractivity contribution in [3.63, 3.8) is 0 Å². The molecule has 0 bridgehead atoms. The highest BCUT2D eigenvalue weighted by Gasteiger charge is 2.39. The van der Waals surface area contributed by atoms with E-state index in [4.69, 9.17) is 5.11 Å². The van der Waals surface area contributed by atoms with E-state index < -0.39 is 23.5 Å². The van der Waals surface area contributed by atoms with Gasteiger partial charge >= 0.3 is 5.97 Å². The van der Waals surface area contributed by atoms with Gasteiger partial charge in [0.15, 0.2) is 0 Å². The zero-order chi connectivity index (χ0) is 16.2. The van der Waals surface area contributed by atoms with Crippen LogP contribution in [0, 0.1) is 5.41 Å². The number of amides is 2. The number of hydrogen-bond donors (Lipinski definition) is 2. The summed E-state index contributed by atoms with van der Waals surface area (Å²) < 4.78 is 0. The van der Waals surface area contributed by atoms with Gasteiger partial charge in [0.25, 0.3) is 0 Å². The van der Waals surface area contributed by atoms with E-state index in [9.17, 15) is 14.4 Å². The molecule has 120 valence electrons. The minimum absolute atomic E-state index is 0.0879. The highest BCUT2D eigenvalue weighted by Crippen LogP contribution is 2.27. The summed E-state index contributed by atoms with van der Waals surface area (Å²) in [4.78, 5) is 37.3. The first-order valence-corrected chi connectivity index (χ1v) is 8.26. The average molecular weight is 316 g/mol. The quantitative estimate of drug-likeness (QED) is 0.798. The largest absolute Gasteiger partial charge is 0.480 e. The van der Waals surface area contributed by atoms with Crippen molar-refractivity contribution in [1.82, 2.24) is 10.2 Å². The van der Waals surface area contributed by atoms with E-state index in [0.717, 1.165) is 0 Å². The molecule has 1 aliphatic heterocycles. The minimum atomic E-state index is -1.04. The van der Waals surface area contributed by atoms with Gasteiger partial charge in [-0.1, -0.05) is 34.1 Å². The second kappa shape index (κ2) is 7.15. The number of carbonyl (C=O) groups excluding carboxylic acids is 2. The van der Waals surface area contributed by atoms with Crippen LogP contribution in [0.15, 0.2) is 0 Å². The molecule has 0 aromatic carbocycles. The normalized spacial score (nSPS) is 20.2. The Labute approximate surface area is 129 Å². The van der Waals surface area contributed by atoms with Crippen LogP contribution in [-0.4, -0.2) is 51.5 Å². The van der Waals surface area contributed by atoms with Crippen LogP contribution in [0.2, 0.25) is 0 Å². The lowest BCUT2D eigenvalue weighted by Gasteiger charge is -2.30. The Kier molecular flexibility index (Phi) is 6.07. The zero-order valence-electron chi connectivity index (χ0n) is 13.0. The number of thioether (sulfide) groups is 1. The van der Waals surface area contributed by atoms with Gasteiger partial charge in [0.1, 0.15) is 12.1 Å². The summed E-state index contributed by atoms with van der Waals surface area (Å²) in [6.45, 7) is 7.29. The molecular formula is C14H24N2O4S. The molecule has 2 N–H and O–H groups in total. The fourth-order valence-corrected chi connectivity index (χ4v) is 3.26. The maximum absolute atomic E-state index is 12.3. The van der Waals surface area contributed by atoms with Crippen LogP contribution in [0.3, 0.4) is 0 Å². The van der Waals surface area contributed by atoms with Crippen molar-refractivity contribution >= 4 is 29.5 Å². The molecule has 1 saturated heterocycles. The number of hydrogen-bond acceptors (Lipinski definition) is 4. The monoisotopic (exact) mass is 316 g/mol. The summed E-state index contributed by atoms with van der Waals surface area (Å²) in [5, 5.41) is 11.6. The maximum Gasteiger partial charge on any atom is 0.326 e. The number of nitrogens with zero attached hydrogens (tertiary/aromatic N) is 1. The smallest absolute Gasteiger partial charge is 0.326 e. The van der Waals surface area contributed by atoms with E-state index in [-0.39, 0.29) is 11.8 Å². The Morgan fingerprint density at radius 3 is 2.48 bits per heavy atom. The molecule has 0 aromatic heterocycles. The van der Waals surface area contributed by atoms with E-state index in [0.29, 0.717) is 24.5 Å². The second-order valence-corrected chi connectivity index (χ2v) is 7.23. The van der Waals surface area contributed by atoms with Crippen LogP contribution in [0.25, 0.3) is 0 Å². The molecule has 1 heterocycles. The van der Waals surface area contributed by atoms with Crippen LogP contribution < -0.4 is 5.32 Å². The number of carbonyl (C=O) groups is 3. The highest BCUT2D eigenvalue weighted by atomic mass is 32.2. The van der Waals surface area contributed by atoms with Gasteiger partial charge in [0.2, 0.25) is 11.8 Å². The van der Waals surface area contributed by atoms with Gasteiger partial charge in [-0.15, -0.1) is 11.8 Å². The predicted molar refractivity (Wildman–Crippen MR) is 81.9 cm³/mol. The molecule has 6 nitrogen and oxygen atoms in total. The fraction of sp³-hybridized carbons (Fsp3) is 0.786. The molecule has 1 fully saturated rings. The molecule has 0 saturated carbocycles. The predicted octanol–water partition coefficient (Wildman–Crippen LogP) is 1.30. The molecule has 0 spiro atoms. The van der Waals surface area contributed by atoms with E-state index >= 15 is 0 Å². The number of carboxylic acids is 1. The lowest BCUT2D eigenvalue weighted by atomic mass is 9.94. The Morgan fingerprint density at radius 2 is 2.00 bits per heavy atom. The third kappa shape index (κ3) is 4.62. The molecule has 1 rings (SSSR count). The van der Waals surface area contributed by atoms with Crippen molar-refractivity contribution in [3.8, 4) is 0 Å². The Bertz CT molecular complexity index is 420. The SMILES string of the molecule is CCCC(NC(=O)C1CSCN1C(=O)C(C)(C)C)C(=O)O. The zero-order valence-corrected chi connectivity index (χ0v) is 13.8. The second-order valence-electron chi connectivity index (χ2n) is 6.23. The summed E-state index contributed by atoms with van der Waals surface area (Å²) in [6.07, 6.45) is 1.05. The van der Waals surface area contributed by atoms with Gasteiger partial charge in [0.05, 0.1) is 5.88 Å². The summed E-state index contributed by atoms with van der Waals surface area (Å²) in [5.74, 6) is -0.524. The lowest BCUT2D eigenvalue weighted by Crippen LogP contribution is -2.53. The third-order valence-electron chi connectivity index (χ3n) is 3.28. The van der Waals surface area contributed by atoms with Crippen molar-refractivity contribution in [2.24, 2.45) is 5.41 Å². The number of nitrogens with one attached hydrogen (secondary N) is 1. The standard InChI is InChI=1S/C14H24N2O4S/c1-5-6-9(12(18)19)15-11(17)10-7-21-8-16(10)13(20)14(2,3)4/h9-10H,5-8H2,1-4H3,(H,15,17)(H,18,19). The van der Waals surface area contributed by atoms with Gasteiger partial charge in [-0.2, -0.15) is 0 Å². The number of rotatable bonds is 5. The first-order chi connectivity index (χ1) is 9.68. The summed E-state index contributed by atoms with van der Waals surface area (Å²) >= 11 is 1.51. The fourth-order valence-electron chi connectivity index (χ4n) is 2.10. The topological polar surface area (TPSA) is 86.7 Å². The van der Waals surface area contributed by atoms with Crippen molar-refractivity contribution in [1.29, 1.82) is 0 Å². The summed E-state index contributed by atoms with van der Waals surface area (Å²) in [7, 11) is 0. The van der Waals surface area contributed by atoms with Crippen molar-refractivity contribution < 1.29 is 19.5 Å². The third-order valence-corrected chi connectivity index (χ3v) is 4.29. The van der Waals surface area contributed by atoms with Crippen LogP contribution >= 0.6 is 11.8 Å². The van der Waals surface area contributed by atoms with Crippen molar-refractivity contribution in [2.75, 3.05) is 11.6 Å². The van der Waals surface area contributed by atoms with Gasteiger partial charge in [-0.3, -0.25) is 9.59 Å². The van der Waals surface area contributed by atoms with Gasteiger partial charge in [-0.05, 0) is 6.42 Å². The number of carboxylic acid groups (broad SMARTS) is 1. The molecule has 2 atom stereocenters. The molecule has 0 aromatic rings. The molecule has 7 heteroatoms. The highest BCUT2D eigenvalue weighted by molar-refractivity contribution is 7.99. The molecule has 2 amide bonds. The maximum atomic E-state index is 12.3. The molecule has 2 unspecified atom stereocenters. The molecule has 0 radical (unpaired) electrons. The molecule has 0 aliphatic carbocycles. The van der Waals surface area contributed by atoms with Crippen LogP contribution in [0.1, 0.15) is 40.5 Å².